The van der Waals surface area contributed by atoms with Gasteiger partial charge in [0.25, 0.3) is 0 Å². The standard InChI is InChI=1S/C12H21/c1-2-4-6-8-10-12-11-9-7-5-3-1/h1-2,7H,3-6,8-12H2. The zero-order chi connectivity index (χ0) is 8.49. The molecule has 0 bridgehead atoms. The van der Waals surface area contributed by atoms with E-state index < -0.39 is 0 Å². The molecule has 0 saturated carbocycles. The van der Waals surface area contributed by atoms with Crippen LogP contribution < -0.4 is 0 Å². The summed E-state index contributed by atoms with van der Waals surface area (Å²) in [6, 6.07) is 0. The molecular weight excluding hydrogens is 144 g/mol. The van der Waals surface area contributed by atoms with Crippen LogP contribution in [0.4, 0.5) is 0 Å². The Balaban J connectivity index is 2.10. The van der Waals surface area contributed by atoms with Gasteiger partial charge in [0.15, 0.2) is 0 Å². The van der Waals surface area contributed by atoms with Gasteiger partial charge in [-0.2, -0.15) is 0 Å². The molecule has 12 heavy (non-hydrogen) atoms. The second-order valence-electron chi connectivity index (χ2n) is 3.68. The normalized spacial score (nSPS) is 22.7. The fourth-order valence-corrected chi connectivity index (χ4v) is 1.68. The predicted molar refractivity (Wildman–Crippen MR) is 55.0 cm³/mol. The van der Waals surface area contributed by atoms with Gasteiger partial charge in [-0.25, -0.2) is 0 Å². The third-order valence-corrected chi connectivity index (χ3v) is 2.48. The number of allylic oxidation sites excluding steroid dienone is 2. The van der Waals surface area contributed by atoms with Gasteiger partial charge >= 0.3 is 0 Å². The van der Waals surface area contributed by atoms with Crippen molar-refractivity contribution >= 4 is 0 Å². The average Bonchev–Trinajstić information content (AvgIpc) is 2.05. The van der Waals surface area contributed by atoms with Crippen LogP contribution in [0.3, 0.4) is 0 Å². The molecule has 0 heteroatoms. The van der Waals surface area contributed by atoms with E-state index in [1.165, 1.54) is 57.8 Å². The summed E-state index contributed by atoms with van der Waals surface area (Å²) in [5, 5.41) is 0. The zero-order valence-electron chi connectivity index (χ0n) is 8.10. The molecule has 0 aliphatic heterocycles. The minimum absolute atomic E-state index is 1.26. The van der Waals surface area contributed by atoms with Crippen molar-refractivity contribution in [2.45, 2.75) is 57.8 Å². The van der Waals surface area contributed by atoms with Gasteiger partial charge in [0.05, 0.1) is 0 Å². The third-order valence-electron chi connectivity index (χ3n) is 2.48. The smallest absolute Gasteiger partial charge is 0.0348 e. The van der Waals surface area contributed by atoms with Crippen LogP contribution in [-0.2, 0) is 0 Å². The molecule has 0 aromatic carbocycles. The van der Waals surface area contributed by atoms with Crippen LogP contribution in [0.25, 0.3) is 0 Å². The Labute approximate surface area is 77.1 Å². The molecule has 0 spiro atoms. The van der Waals surface area contributed by atoms with Gasteiger partial charge in [0.1, 0.15) is 0 Å². The molecule has 0 saturated heterocycles. The first-order valence-electron chi connectivity index (χ1n) is 5.47. The second kappa shape index (κ2) is 7.39. The van der Waals surface area contributed by atoms with Crippen molar-refractivity contribution < 1.29 is 0 Å². The summed E-state index contributed by atoms with van der Waals surface area (Å²) >= 11 is 0. The molecule has 0 fully saturated rings. The third kappa shape index (κ3) is 5.40. The first-order chi connectivity index (χ1) is 6.00. The van der Waals surface area contributed by atoms with Crippen LogP contribution in [0.2, 0.25) is 0 Å². The molecule has 0 amide bonds. The van der Waals surface area contributed by atoms with Crippen LogP contribution in [0.1, 0.15) is 57.8 Å². The van der Waals surface area contributed by atoms with E-state index in [1.807, 2.05) is 0 Å². The molecule has 0 heterocycles. The van der Waals surface area contributed by atoms with Crippen molar-refractivity contribution in [2.24, 2.45) is 0 Å². The summed E-state index contributed by atoms with van der Waals surface area (Å²) in [7, 11) is 0. The molecule has 69 valence electrons. The topological polar surface area (TPSA) is 0 Å². The van der Waals surface area contributed by atoms with Gasteiger partial charge < -0.3 is 0 Å². The van der Waals surface area contributed by atoms with Crippen molar-refractivity contribution in [3.63, 3.8) is 0 Å². The number of rotatable bonds is 0. The highest BCUT2D eigenvalue weighted by Crippen LogP contribution is 2.12. The Morgan fingerprint density at radius 3 is 2.08 bits per heavy atom. The van der Waals surface area contributed by atoms with E-state index in [4.69, 9.17) is 0 Å². The molecule has 0 aromatic rings. The highest BCUT2D eigenvalue weighted by Gasteiger charge is 1.93. The minimum atomic E-state index is 1.26. The van der Waals surface area contributed by atoms with E-state index >= 15 is 0 Å². The van der Waals surface area contributed by atoms with Gasteiger partial charge in [0.2, 0.25) is 0 Å². The molecule has 1 aliphatic rings. The molecule has 0 aromatic heterocycles. The van der Waals surface area contributed by atoms with E-state index in [1.54, 1.807) is 0 Å². The maximum Gasteiger partial charge on any atom is -0.0348 e. The van der Waals surface area contributed by atoms with Gasteiger partial charge in [-0.05, 0) is 32.1 Å². The van der Waals surface area contributed by atoms with Crippen LogP contribution in [-0.4, -0.2) is 0 Å². The van der Waals surface area contributed by atoms with Crippen molar-refractivity contribution in [2.75, 3.05) is 0 Å². The fraction of sp³-hybridized carbons (Fsp3) is 0.750. The summed E-state index contributed by atoms with van der Waals surface area (Å²) in [5.74, 6) is 0. The molecule has 0 N–H and O–H groups in total. The molecule has 1 aliphatic carbocycles. The van der Waals surface area contributed by atoms with Crippen molar-refractivity contribution in [3.8, 4) is 0 Å². The molecule has 0 unspecified atom stereocenters. The van der Waals surface area contributed by atoms with Crippen LogP contribution in [0.5, 0.6) is 0 Å². The van der Waals surface area contributed by atoms with Gasteiger partial charge in [-0.3, -0.25) is 0 Å². The summed E-state index contributed by atoms with van der Waals surface area (Å²) in [4.78, 5) is 0. The van der Waals surface area contributed by atoms with E-state index in [0.29, 0.717) is 0 Å². The van der Waals surface area contributed by atoms with Gasteiger partial charge in [-0.15, -0.1) is 0 Å². The van der Waals surface area contributed by atoms with Crippen LogP contribution in [0.15, 0.2) is 12.2 Å². The maximum absolute atomic E-state index is 2.45. The SMILES string of the molecule is [CH]1CCC=CCCCCCCC1. The summed E-state index contributed by atoms with van der Waals surface area (Å²) in [6.45, 7) is 0. The Hall–Kier alpha value is -0.260. The van der Waals surface area contributed by atoms with Gasteiger partial charge in [-0.1, -0.05) is 44.3 Å². The second-order valence-corrected chi connectivity index (χ2v) is 3.68. The molecule has 1 rings (SSSR count). The van der Waals surface area contributed by atoms with Crippen molar-refractivity contribution in [1.29, 1.82) is 0 Å². The molecule has 0 atom stereocenters. The lowest BCUT2D eigenvalue weighted by Gasteiger charge is -2.02. The number of hydrogen-bond donors (Lipinski definition) is 0. The average molecular weight is 165 g/mol. The Morgan fingerprint density at radius 1 is 0.500 bits per heavy atom. The Morgan fingerprint density at radius 2 is 1.17 bits per heavy atom. The Bertz CT molecular complexity index is 99.2. The lowest BCUT2D eigenvalue weighted by atomic mass is 10.0. The van der Waals surface area contributed by atoms with Crippen molar-refractivity contribution in [3.05, 3.63) is 18.6 Å². The van der Waals surface area contributed by atoms with E-state index in [9.17, 15) is 0 Å². The summed E-state index contributed by atoms with van der Waals surface area (Å²) in [6.07, 6.45) is 19.5. The highest BCUT2D eigenvalue weighted by atomic mass is 14.0. The molecular formula is C12H21. The fourth-order valence-electron chi connectivity index (χ4n) is 1.68. The maximum atomic E-state index is 2.45. The Kier molecular flexibility index (Phi) is 6.05. The monoisotopic (exact) mass is 165 g/mol. The van der Waals surface area contributed by atoms with Crippen LogP contribution in [0, 0.1) is 6.42 Å². The predicted octanol–water partition coefficient (Wildman–Crippen LogP) is 4.27. The largest absolute Gasteiger partial charge is 0.0885 e. The van der Waals surface area contributed by atoms with Crippen LogP contribution >= 0.6 is 0 Å². The molecule has 0 nitrogen and oxygen atoms in total. The number of hydrogen-bond acceptors (Lipinski definition) is 0. The van der Waals surface area contributed by atoms with E-state index in [0.717, 1.165) is 0 Å². The summed E-state index contributed by atoms with van der Waals surface area (Å²) in [5.41, 5.74) is 0. The lowest BCUT2D eigenvalue weighted by Crippen LogP contribution is -1.83. The minimum Gasteiger partial charge on any atom is -0.0885 e. The van der Waals surface area contributed by atoms with Crippen molar-refractivity contribution in [1.82, 2.24) is 0 Å². The highest BCUT2D eigenvalue weighted by molar-refractivity contribution is 4.83. The van der Waals surface area contributed by atoms with E-state index in [-0.39, 0.29) is 0 Å². The summed E-state index contributed by atoms with van der Waals surface area (Å²) < 4.78 is 0. The zero-order valence-corrected chi connectivity index (χ0v) is 8.10. The lowest BCUT2D eigenvalue weighted by molar-refractivity contribution is 0.606. The molecule has 1 radical (unpaired) electrons. The van der Waals surface area contributed by atoms with Gasteiger partial charge in [0, 0.05) is 0 Å². The first kappa shape index (κ1) is 9.83. The first-order valence-corrected chi connectivity index (χ1v) is 5.47. The quantitative estimate of drug-likeness (QED) is 0.470. The van der Waals surface area contributed by atoms with E-state index in [2.05, 4.69) is 18.6 Å².